The predicted molar refractivity (Wildman–Crippen MR) is 234 cm³/mol. The second kappa shape index (κ2) is 18.5. The van der Waals surface area contributed by atoms with E-state index in [4.69, 9.17) is 49.3 Å². The Morgan fingerprint density at radius 3 is 1.58 bits per heavy atom. The van der Waals surface area contributed by atoms with Gasteiger partial charge in [-0.15, -0.1) is 0 Å². The van der Waals surface area contributed by atoms with Crippen LogP contribution in [0, 0.1) is 20.8 Å². The maximum Gasteiger partial charge on any atom is 0.338 e. The molecule has 0 bridgehead atoms. The lowest BCUT2D eigenvalue weighted by molar-refractivity contribution is -0.0898. The Morgan fingerprint density at radius 1 is 0.657 bits per heavy atom. The molecular formula is C46H46N8O13. The lowest BCUT2D eigenvalue weighted by Gasteiger charge is -2.33. The van der Waals surface area contributed by atoms with Crippen LogP contribution in [-0.2, 0) is 23.7 Å². The second-order valence-corrected chi connectivity index (χ2v) is 16.6. The lowest BCUT2D eigenvalue weighted by Crippen LogP contribution is -2.49. The smallest absolute Gasteiger partial charge is 0.338 e. The van der Waals surface area contributed by atoms with Gasteiger partial charge in [0.15, 0.2) is 23.3 Å². The summed E-state index contributed by atoms with van der Waals surface area (Å²) in [5.74, 6) is -1.88. The third kappa shape index (κ3) is 8.97. The number of carbonyl (C=O) groups excluding carboxylic acids is 3. The summed E-state index contributed by atoms with van der Waals surface area (Å²) in [7, 11) is 0. The molecule has 7 aromatic rings. The number of hydrogen-bond donors (Lipinski definition) is 5. The number of nitrogen functional groups attached to an aromatic ring is 2. The van der Waals surface area contributed by atoms with Crippen LogP contribution < -0.4 is 11.5 Å². The number of ether oxygens (including phenoxy) is 5. The molecular weight excluding hydrogens is 873 g/mol. The van der Waals surface area contributed by atoms with Gasteiger partial charge >= 0.3 is 17.9 Å². The average Bonchev–Trinajstić information content (AvgIpc) is 4.06. The van der Waals surface area contributed by atoms with Crippen LogP contribution in [0.25, 0.3) is 22.2 Å². The van der Waals surface area contributed by atoms with Crippen LogP contribution in [-0.4, -0.2) is 112 Å². The van der Waals surface area contributed by atoms with Crippen molar-refractivity contribution in [1.82, 2.24) is 30.2 Å². The van der Waals surface area contributed by atoms with Gasteiger partial charge in [-0.2, -0.15) is 0 Å². The summed E-state index contributed by atoms with van der Waals surface area (Å²) in [5, 5.41) is 37.5. The first-order valence-corrected chi connectivity index (χ1v) is 20.8. The Labute approximate surface area is 381 Å². The van der Waals surface area contributed by atoms with Crippen molar-refractivity contribution < 1.29 is 62.4 Å². The molecule has 0 amide bonds. The van der Waals surface area contributed by atoms with Gasteiger partial charge in [-0.3, -0.25) is 0 Å². The molecule has 348 valence electrons. The zero-order valence-electron chi connectivity index (χ0n) is 36.7. The Morgan fingerprint density at radius 2 is 1.10 bits per heavy atom. The van der Waals surface area contributed by atoms with Gasteiger partial charge in [0.05, 0.1) is 23.3 Å². The van der Waals surface area contributed by atoms with E-state index in [0.717, 1.165) is 16.7 Å². The normalized spacial score (nSPS) is 24.5. The molecule has 0 spiro atoms. The van der Waals surface area contributed by atoms with E-state index in [0.29, 0.717) is 11.1 Å². The van der Waals surface area contributed by atoms with E-state index in [9.17, 15) is 24.6 Å². The molecule has 2 aliphatic rings. The Kier molecular flexibility index (Phi) is 12.7. The van der Waals surface area contributed by atoms with Crippen LogP contribution in [0.4, 0.5) is 11.6 Å². The molecule has 6 heterocycles. The van der Waals surface area contributed by atoms with Crippen molar-refractivity contribution in [2.45, 2.75) is 82.4 Å². The maximum absolute atomic E-state index is 13.7. The first-order valence-electron chi connectivity index (χ1n) is 20.8. The van der Waals surface area contributed by atoms with Crippen molar-refractivity contribution in [3.63, 3.8) is 0 Å². The van der Waals surface area contributed by atoms with E-state index in [2.05, 4.69) is 30.2 Å². The van der Waals surface area contributed by atoms with Gasteiger partial charge in [0.1, 0.15) is 77.8 Å². The second-order valence-electron chi connectivity index (χ2n) is 16.6. The molecule has 21 nitrogen and oxygen atoms in total. The number of aromatic nitrogens is 6. The SMILES string of the molecule is C[C@@]1(O)[C@H](O)C(CO)O[C@H]1c1noc2c(N)ncnc12.Cc1ccc(C(=O)OCC2O[C@@H](c3noc4c(N)ncnc34)[C@](C)(OC(=O)c3ccc(C)cc3)[C@@H]2OC(=O)c2ccc(C)cc2)cc1. The number of aliphatic hydroxyl groups is 3. The van der Waals surface area contributed by atoms with Crippen molar-refractivity contribution in [3.05, 3.63) is 130 Å². The molecule has 2 fully saturated rings. The molecule has 21 heteroatoms. The van der Waals surface area contributed by atoms with Crippen molar-refractivity contribution in [2.24, 2.45) is 0 Å². The number of benzene rings is 3. The third-order valence-electron chi connectivity index (χ3n) is 11.6. The number of carbonyl (C=O) groups is 3. The number of esters is 3. The average molecular weight is 919 g/mol. The summed E-state index contributed by atoms with van der Waals surface area (Å²) < 4.78 is 40.4. The zero-order chi connectivity index (χ0) is 47.8. The third-order valence-corrected chi connectivity index (χ3v) is 11.6. The number of aryl methyl sites for hydroxylation is 3. The summed E-state index contributed by atoms with van der Waals surface area (Å²) >= 11 is 0. The topological polar surface area (TPSA) is 314 Å². The van der Waals surface area contributed by atoms with Gasteiger partial charge < -0.3 is 59.5 Å². The number of fused-ring (bicyclic) bond motifs is 2. The van der Waals surface area contributed by atoms with Crippen LogP contribution in [0.15, 0.2) is 94.5 Å². The predicted octanol–water partition coefficient (Wildman–Crippen LogP) is 4.01. The van der Waals surface area contributed by atoms with Gasteiger partial charge in [-0.05, 0) is 71.0 Å². The number of anilines is 2. The summed E-state index contributed by atoms with van der Waals surface area (Å²) in [6.45, 7) is 7.85. The summed E-state index contributed by atoms with van der Waals surface area (Å²) in [6.07, 6.45) is -4.33. The summed E-state index contributed by atoms with van der Waals surface area (Å²) in [4.78, 5) is 56.3. The molecule has 9 rings (SSSR count). The highest BCUT2D eigenvalue weighted by molar-refractivity contribution is 5.92. The van der Waals surface area contributed by atoms with Crippen molar-refractivity contribution in [2.75, 3.05) is 24.7 Å². The minimum absolute atomic E-state index is 0.0380. The van der Waals surface area contributed by atoms with Crippen molar-refractivity contribution >= 4 is 51.7 Å². The first-order chi connectivity index (χ1) is 32.0. The van der Waals surface area contributed by atoms with E-state index >= 15 is 0 Å². The summed E-state index contributed by atoms with van der Waals surface area (Å²) in [6, 6.07) is 20.4. The minimum atomic E-state index is -1.74. The Hall–Kier alpha value is -7.43. The van der Waals surface area contributed by atoms with E-state index in [1.54, 1.807) is 79.7 Å². The van der Waals surface area contributed by atoms with Crippen molar-refractivity contribution in [1.29, 1.82) is 0 Å². The lowest BCUT2D eigenvalue weighted by atomic mass is 9.89. The van der Waals surface area contributed by atoms with Crippen molar-refractivity contribution in [3.8, 4) is 0 Å². The number of aliphatic hydroxyl groups excluding tert-OH is 2. The summed E-state index contributed by atoms with van der Waals surface area (Å²) in [5.41, 5.74) is 13.1. The fraction of sp³-hybridized carbons (Fsp3) is 0.326. The molecule has 0 aliphatic carbocycles. The fourth-order valence-electron chi connectivity index (χ4n) is 7.76. The van der Waals surface area contributed by atoms with E-state index in [1.807, 2.05) is 20.8 Å². The van der Waals surface area contributed by atoms with Gasteiger partial charge in [0.25, 0.3) is 0 Å². The number of hydrogen-bond acceptors (Lipinski definition) is 21. The highest BCUT2D eigenvalue weighted by Gasteiger charge is 2.61. The molecule has 4 aromatic heterocycles. The molecule has 8 atom stereocenters. The molecule has 0 saturated carbocycles. The Bertz CT molecular complexity index is 2930. The fourth-order valence-corrected chi connectivity index (χ4v) is 7.76. The van der Waals surface area contributed by atoms with E-state index < -0.39 is 72.3 Å². The van der Waals surface area contributed by atoms with Crippen LogP contribution >= 0.6 is 0 Å². The van der Waals surface area contributed by atoms with E-state index in [-0.39, 0.29) is 57.4 Å². The van der Waals surface area contributed by atoms with Crippen LogP contribution in [0.5, 0.6) is 0 Å². The largest absolute Gasteiger partial charge is 0.459 e. The molecule has 2 aliphatic heterocycles. The molecule has 0 radical (unpaired) electrons. The maximum atomic E-state index is 13.7. The number of rotatable bonds is 10. The van der Waals surface area contributed by atoms with Gasteiger partial charge in [0.2, 0.25) is 11.2 Å². The van der Waals surface area contributed by atoms with Crippen LogP contribution in [0.3, 0.4) is 0 Å². The number of nitrogens with two attached hydrogens (primary N) is 2. The first kappa shape index (κ1) is 46.1. The molecule has 2 saturated heterocycles. The van der Waals surface area contributed by atoms with E-state index in [1.165, 1.54) is 19.6 Å². The quantitative estimate of drug-likeness (QED) is 0.0956. The molecule has 7 N–H and O–H groups in total. The standard InChI is InChI=1S/C35H32N4O8.C11H14N4O5/c1-19-5-11-22(12-6-19)32(40)43-17-25-29(45-33(41)23-13-7-20(2)8-14-23)35(4,46-34(42)24-15-9-21(3)10-16-24)30(44-25)27-26-28(47-39-27)31(36)38-18-37-26;1-11(18)8(17)4(2-16)19-9(11)6-5-7(20-15-6)10(12)14-3-13-5/h5-16,18,25,29-30H,17H2,1-4H3,(H2,36,37,38);3-4,8-9,16-18H,2H2,1H3,(H2,12,13,14)/t25?,29-,30+,35-;4?,8-,9+,11-/m11/s1. The van der Waals surface area contributed by atoms with Gasteiger partial charge in [0, 0.05) is 0 Å². The highest BCUT2D eigenvalue weighted by Crippen LogP contribution is 2.48. The Balaban J connectivity index is 0.000000252. The number of nitrogens with zero attached hydrogens (tertiary/aromatic N) is 6. The molecule has 67 heavy (non-hydrogen) atoms. The zero-order valence-corrected chi connectivity index (χ0v) is 36.7. The molecule has 3 aromatic carbocycles. The van der Waals surface area contributed by atoms with Gasteiger partial charge in [-0.25, -0.2) is 34.3 Å². The van der Waals surface area contributed by atoms with Crippen LogP contribution in [0.1, 0.15) is 85.2 Å². The molecule has 2 unspecified atom stereocenters. The highest BCUT2D eigenvalue weighted by atomic mass is 16.7. The van der Waals surface area contributed by atoms with Crippen LogP contribution in [0.2, 0.25) is 0 Å². The van der Waals surface area contributed by atoms with Gasteiger partial charge in [-0.1, -0.05) is 63.4 Å². The monoisotopic (exact) mass is 918 g/mol. The minimum Gasteiger partial charge on any atom is -0.459 e.